The third-order valence-electron chi connectivity index (χ3n) is 3.79. The molecule has 1 N–H and O–H groups in total. The summed E-state index contributed by atoms with van der Waals surface area (Å²) in [5.74, 6) is 0.927. The normalized spacial score (nSPS) is 10.1. The van der Waals surface area contributed by atoms with Crippen LogP contribution in [0.4, 0.5) is 5.69 Å². The van der Waals surface area contributed by atoms with Gasteiger partial charge >= 0.3 is 0 Å². The van der Waals surface area contributed by atoms with Gasteiger partial charge in [0.25, 0.3) is 5.91 Å². The number of hydrogen-bond donors (Lipinski definition) is 1. The first-order valence-corrected chi connectivity index (χ1v) is 8.49. The Balaban J connectivity index is 2.03. The smallest absolute Gasteiger partial charge is 0.251 e. The highest BCUT2D eigenvalue weighted by Gasteiger charge is 2.16. The van der Waals surface area contributed by atoms with Crippen molar-refractivity contribution >= 4 is 17.5 Å². The number of benzene rings is 2. The summed E-state index contributed by atoms with van der Waals surface area (Å²) in [5.41, 5.74) is 1.20. The average molecular weight is 356 g/mol. The number of nitrogens with one attached hydrogen (secondary N) is 1. The van der Waals surface area contributed by atoms with Gasteiger partial charge in [-0.15, -0.1) is 0 Å². The van der Waals surface area contributed by atoms with Gasteiger partial charge in [-0.05, 0) is 37.3 Å². The van der Waals surface area contributed by atoms with Crippen molar-refractivity contribution in [2.75, 3.05) is 31.7 Å². The van der Waals surface area contributed by atoms with Crippen molar-refractivity contribution in [1.29, 1.82) is 0 Å². The predicted molar refractivity (Wildman–Crippen MR) is 101 cm³/mol. The molecule has 0 heterocycles. The van der Waals surface area contributed by atoms with Gasteiger partial charge in [0.1, 0.15) is 11.5 Å². The maximum atomic E-state index is 12.3. The highest BCUT2D eigenvalue weighted by Crippen LogP contribution is 2.27. The second-order valence-electron chi connectivity index (χ2n) is 5.56. The molecule has 0 radical (unpaired) electrons. The summed E-state index contributed by atoms with van der Waals surface area (Å²) in [5, 5.41) is 2.83. The highest BCUT2D eigenvalue weighted by molar-refractivity contribution is 5.95. The molecule has 2 rings (SSSR count). The minimum atomic E-state index is -0.217. The van der Waals surface area contributed by atoms with Crippen molar-refractivity contribution in [3.8, 4) is 11.5 Å². The zero-order valence-electron chi connectivity index (χ0n) is 15.3. The fourth-order valence-corrected chi connectivity index (χ4v) is 2.55. The first-order valence-electron chi connectivity index (χ1n) is 8.49. The number of rotatable bonds is 8. The lowest BCUT2D eigenvalue weighted by Gasteiger charge is -2.23. The third-order valence-corrected chi connectivity index (χ3v) is 3.79. The standard InChI is InChI=1S/C20H24N2O4/c1-4-26-19-11-6-5-10-18(19)22(15(2)23)13-12-21-20(24)16-8-7-9-17(14-16)25-3/h5-11,14H,4,12-13H2,1-3H3,(H,21,24). The van der Waals surface area contributed by atoms with Crippen LogP contribution in [0.5, 0.6) is 11.5 Å². The summed E-state index contributed by atoms with van der Waals surface area (Å²) in [6.07, 6.45) is 0. The zero-order chi connectivity index (χ0) is 18.9. The van der Waals surface area contributed by atoms with Gasteiger partial charge in [0.15, 0.2) is 0 Å². The number of para-hydroxylation sites is 2. The summed E-state index contributed by atoms with van der Waals surface area (Å²) in [4.78, 5) is 25.9. The Bertz CT molecular complexity index is 761. The lowest BCUT2D eigenvalue weighted by atomic mass is 10.2. The summed E-state index contributed by atoms with van der Waals surface area (Å²) in [6, 6.07) is 14.3. The van der Waals surface area contributed by atoms with Crippen molar-refractivity contribution in [2.24, 2.45) is 0 Å². The molecule has 6 nitrogen and oxygen atoms in total. The van der Waals surface area contributed by atoms with Crippen LogP contribution in [-0.4, -0.2) is 38.6 Å². The van der Waals surface area contributed by atoms with Crippen molar-refractivity contribution in [2.45, 2.75) is 13.8 Å². The Kier molecular flexibility index (Phi) is 7.02. The fourth-order valence-electron chi connectivity index (χ4n) is 2.55. The van der Waals surface area contributed by atoms with Crippen LogP contribution in [0, 0.1) is 0 Å². The van der Waals surface area contributed by atoms with Crippen molar-refractivity contribution in [3.63, 3.8) is 0 Å². The van der Waals surface area contributed by atoms with Crippen molar-refractivity contribution in [1.82, 2.24) is 5.32 Å². The second kappa shape index (κ2) is 9.46. The Hall–Kier alpha value is -3.02. The molecule has 0 atom stereocenters. The molecule has 0 aromatic heterocycles. The maximum absolute atomic E-state index is 12.3. The van der Waals surface area contributed by atoms with Gasteiger partial charge in [0.05, 0.1) is 19.4 Å². The van der Waals surface area contributed by atoms with E-state index in [1.807, 2.05) is 31.2 Å². The zero-order valence-corrected chi connectivity index (χ0v) is 15.3. The van der Waals surface area contributed by atoms with E-state index in [-0.39, 0.29) is 11.8 Å². The molecule has 26 heavy (non-hydrogen) atoms. The molecule has 138 valence electrons. The molecule has 0 aliphatic rings. The van der Waals surface area contributed by atoms with Crippen LogP contribution >= 0.6 is 0 Å². The Morgan fingerprint density at radius 1 is 1.12 bits per heavy atom. The van der Waals surface area contributed by atoms with Crippen LogP contribution < -0.4 is 19.7 Å². The summed E-state index contributed by atoms with van der Waals surface area (Å²) >= 11 is 0. The molecule has 0 bridgehead atoms. The van der Waals surface area contributed by atoms with Crippen LogP contribution in [0.1, 0.15) is 24.2 Å². The SMILES string of the molecule is CCOc1ccccc1N(CCNC(=O)c1cccc(OC)c1)C(C)=O. The molecule has 2 aromatic carbocycles. The molecule has 0 spiro atoms. The third kappa shape index (κ3) is 4.99. The molecule has 2 amide bonds. The number of carbonyl (C=O) groups is 2. The lowest BCUT2D eigenvalue weighted by molar-refractivity contribution is -0.116. The van der Waals surface area contributed by atoms with Crippen molar-refractivity contribution in [3.05, 3.63) is 54.1 Å². The number of nitrogens with zero attached hydrogens (tertiary/aromatic N) is 1. The van der Waals surface area contributed by atoms with E-state index in [2.05, 4.69) is 5.32 Å². The quantitative estimate of drug-likeness (QED) is 0.790. The van der Waals surface area contributed by atoms with Crippen LogP contribution in [0.2, 0.25) is 0 Å². The number of methoxy groups -OCH3 is 1. The molecule has 0 aliphatic carbocycles. The molecule has 0 saturated carbocycles. The van der Waals surface area contributed by atoms with E-state index in [0.29, 0.717) is 42.4 Å². The molecule has 2 aromatic rings. The molecular weight excluding hydrogens is 332 g/mol. The molecule has 0 saturated heterocycles. The van der Waals surface area contributed by atoms with Crippen LogP contribution in [0.25, 0.3) is 0 Å². The Labute approximate surface area is 153 Å². The Morgan fingerprint density at radius 2 is 1.88 bits per heavy atom. The Morgan fingerprint density at radius 3 is 2.58 bits per heavy atom. The number of hydrogen-bond acceptors (Lipinski definition) is 4. The molecule has 6 heteroatoms. The largest absolute Gasteiger partial charge is 0.497 e. The summed E-state index contributed by atoms with van der Waals surface area (Å²) < 4.78 is 10.7. The summed E-state index contributed by atoms with van der Waals surface area (Å²) in [7, 11) is 1.55. The maximum Gasteiger partial charge on any atom is 0.251 e. The number of amides is 2. The number of carbonyl (C=O) groups excluding carboxylic acids is 2. The van der Waals surface area contributed by atoms with Gasteiger partial charge in [-0.25, -0.2) is 0 Å². The second-order valence-corrected chi connectivity index (χ2v) is 5.56. The molecule has 0 unspecified atom stereocenters. The van der Waals surface area contributed by atoms with E-state index in [9.17, 15) is 9.59 Å². The summed E-state index contributed by atoms with van der Waals surface area (Å²) in [6.45, 7) is 4.55. The van der Waals surface area contributed by atoms with Gasteiger partial charge in [-0.1, -0.05) is 18.2 Å². The predicted octanol–water partition coefficient (Wildman–Crippen LogP) is 2.88. The van der Waals surface area contributed by atoms with E-state index in [0.717, 1.165) is 0 Å². The number of ether oxygens (including phenoxy) is 2. The molecule has 0 fully saturated rings. The van der Waals surface area contributed by atoms with Gasteiger partial charge in [-0.3, -0.25) is 9.59 Å². The first kappa shape index (κ1) is 19.3. The van der Waals surface area contributed by atoms with E-state index in [1.165, 1.54) is 6.92 Å². The molecule has 0 aliphatic heterocycles. The van der Waals surface area contributed by atoms with Crippen molar-refractivity contribution < 1.29 is 19.1 Å². The van der Waals surface area contributed by atoms with Gasteiger partial charge < -0.3 is 19.7 Å². The monoisotopic (exact) mass is 356 g/mol. The number of anilines is 1. The van der Waals surface area contributed by atoms with Gasteiger partial charge in [-0.2, -0.15) is 0 Å². The minimum absolute atomic E-state index is 0.118. The first-order chi connectivity index (χ1) is 12.6. The van der Waals surface area contributed by atoms with Crippen LogP contribution in [0.3, 0.4) is 0 Å². The van der Waals surface area contributed by atoms with Crippen LogP contribution in [0.15, 0.2) is 48.5 Å². The van der Waals surface area contributed by atoms with E-state index in [4.69, 9.17) is 9.47 Å². The topological polar surface area (TPSA) is 67.9 Å². The van der Waals surface area contributed by atoms with Gasteiger partial charge in [0.2, 0.25) is 5.91 Å². The highest BCUT2D eigenvalue weighted by atomic mass is 16.5. The average Bonchev–Trinajstić information content (AvgIpc) is 2.66. The van der Waals surface area contributed by atoms with E-state index in [1.54, 1.807) is 36.3 Å². The van der Waals surface area contributed by atoms with E-state index < -0.39 is 0 Å². The van der Waals surface area contributed by atoms with E-state index >= 15 is 0 Å². The lowest BCUT2D eigenvalue weighted by Crippen LogP contribution is -2.37. The fraction of sp³-hybridized carbons (Fsp3) is 0.300. The van der Waals surface area contributed by atoms with Gasteiger partial charge in [0, 0.05) is 25.6 Å². The minimum Gasteiger partial charge on any atom is -0.497 e. The molecular formula is C20H24N2O4. The van der Waals surface area contributed by atoms with Crippen LogP contribution in [-0.2, 0) is 4.79 Å².